The highest BCUT2D eigenvalue weighted by Crippen LogP contribution is 2.25. The molecule has 0 aliphatic carbocycles. The van der Waals surface area contributed by atoms with Crippen LogP contribution in [0.2, 0.25) is 0 Å². The van der Waals surface area contributed by atoms with E-state index in [1.807, 2.05) is 60.5 Å². The first-order chi connectivity index (χ1) is 15.0. The van der Waals surface area contributed by atoms with Gasteiger partial charge in [-0.15, -0.1) is 11.3 Å². The van der Waals surface area contributed by atoms with Gasteiger partial charge in [-0.2, -0.15) is 0 Å². The number of carbonyl (C=O) groups is 1. The third kappa shape index (κ3) is 5.48. The number of hydrogen-bond acceptors (Lipinski definition) is 5. The van der Waals surface area contributed by atoms with Crippen LogP contribution in [0.25, 0.3) is 10.6 Å². The molecule has 2 aromatic carbocycles. The fourth-order valence-corrected chi connectivity index (χ4v) is 4.65. The summed E-state index contributed by atoms with van der Waals surface area (Å²) in [5.41, 5.74) is 3.08. The Morgan fingerprint density at radius 1 is 1.19 bits per heavy atom. The average Bonchev–Trinajstić information content (AvgIpc) is 3.20. The molecular weight excluding hydrogens is 413 g/mol. The summed E-state index contributed by atoms with van der Waals surface area (Å²) >= 11 is 1.52. The van der Waals surface area contributed by atoms with E-state index in [0.717, 1.165) is 21.8 Å². The number of nitrogens with one attached hydrogen (secondary N) is 1. The van der Waals surface area contributed by atoms with Crippen LogP contribution >= 0.6 is 11.3 Å². The lowest BCUT2D eigenvalue weighted by Crippen LogP contribution is -2.45. The lowest BCUT2D eigenvalue weighted by molar-refractivity contribution is -0.120. The highest BCUT2D eigenvalue weighted by Gasteiger charge is 2.24. The van der Waals surface area contributed by atoms with Crippen molar-refractivity contribution in [2.24, 2.45) is 0 Å². The van der Waals surface area contributed by atoms with Gasteiger partial charge in [0.05, 0.1) is 30.0 Å². The van der Waals surface area contributed by atoms with Crippen molar-refractivity contribution >= 4 is 22.9 Å². The molecule has 4 rings (SSSR count). The Labute approximate surface area is 185 Å². The Hall–Kier alpha value is -2.77. The molecule has 1 aliphatic heterocycles. The zero-order chi connectivity index (χ0) is 21.8. The van der Waals surface area contributed by atoms with Crippen molar-refractivity contribution in [3.05, 3.63) is 71.0 Å². The summed E-state index contributed by atoms with van der Waals surface area (Å²) < 4.78 is 20.4. The minimum atomic E-state index is -0.278. The van der Waals surface area contributed by atoms with Crippen molar-refractivity contribution in [3.63, 3.8) is 0 Å². The standard InChI is InChI=1S/C24H26FN3O2S/c1-16-13-28(14-17(2)30-16)22-9-8-18(10-21(22)25)12-26-23(29)11-20-15-31-24(27-20)19-6-4-3-5-7-19/h3-10,15-17H,11-14H2,1-2H3,(H,26,29). The number of halogens is 1. The number of aromatic nitrogens is 1. The summed E-state index contributed by atoms with van der Waals surface area (Å²) in [5, 5.41) is 5.66. The van der Waals surface area contributed by atoms with Crippen molar-refractivity contribution in [2.45, 2.75) is 39.0 Å². The Bertz CT molecular complexity index is 1030. The normalized spacial score (nSPS) is 18.7. The van der Waals surface area contributed by atoms with Gasteiger partial charge < -0.3 is 15.0 Å². The number of hydrogen-bond donors (Lipinski definition) is 1. The minimum absolute atomic E-state index is 0.0650. The molecule has 2 heterocycles. The summed E-state index contributed by atoms with van der Waals surface area (Å²) in [6.07, 6.45) is 0.332. The highest BCUT2D eigenvalue weighted by molar-refractivity contribution is 7.13. The van der Waals surface area contributed by atoms with E-state index in [2.05, 4.69) is 10.3 Å². The molecule has 7 heteroatoms. The van der Waals surface area contributed by atoms with Crippen LogP contribution in [0, 0.1) is 5.82 Å². The van der Waals surface area contributed by atoms with E-state index in [4.69, 9.17) is 4.74 Å². The Morgan fingerprint density at radius 3 is 2.65 bits per heavy atom. The molecule has 0 bridgehead atoms. The molecule has 0 radical (unpaired) electrons. The topological polar surface area (TPSA) is 54.5 Å². The van der Waals surface area contributed by atoms with Gasteiger partial charge in [0.1, 0.15) is 10.8 Å². The third-order valence-electron chi connectivity index (χ3n) is 5.18. The molecule has 2 unspecified atom stereocenters. The van der Waals surface area contributed by atoms with E-state index < -0.39 is 0 Å². The summed E-state index contributed by atoms with van der Waals surface area (Å²) in [7, 11) is 0. The maximum Gasteiger partial charge on any atom is 0.226 e. The second kappa shape index (κ2) is 9.58. The van der Waals surface area contributed by atoms with Gasteiger partial charge in [-0.25, -0.2) is 9.37 Å². The lowest BCUT2D eigenvalue weighted by atomic mass is 10.1. The molecule has 31 heavy (non-hydrogen) atoms. The highest BCUT2D eigenvalue weighted by atomic mass is 32.1. The Balaban J connectivity index is 1.32. The van der Waals surface area contributed by atoms with E-state index >= 15 is 0 Å². The number of carbonyl (C=O) groups excluding carboxylic acids is 1. The first-order valence-corrected chi connectivity index (χ1v) is 11.3. The van der Waals surface area contributed by atoms with E-state index in [9.17, 15) is 9.18 Å². The number of benzene rings is 2. The smallest absolute Gasteiger partial charge is 0.226 e. The van der Waals surface area contributed by atoms with Crippen LogP contribution in [0.1, 0.15) is 25.1 Å². The van der Waals surface area contributed by atoms with Crippen LogP contribution in [-0.2, 0) is 22.5 Å². The van der Waals surface area contributed by atoms with Crippen molar-refractivity contribution in [1.82, 2.24) is 10.3 Å². The van der Waals surface area contributed by atoms with Crippen molar-refractivity contribution < 1.29 is 13.9 Å². The van der Waals surface area contributed by atoms with Crippen LogP contribution < -0.4 is 10.2 Å². The van der Waals surface area contributed by atoms with E-state index in [1.165, 1.54) is 17.4 Å². The third-order valence-corrected chi connectivity index (χ3v) is 6.12. The van der Waals surface area contributed by atoms with Crippen molar-refractivity contribution in [2.75, 3.05) is 18.0 Å². The second-order valence-electron chi connectivity index (χ2n) is 7.91. The van der Waals surface area contributed by atoms with Crippen molar-refractivity contribution in [1.29, 1.82) is 0 Å². The molecule has 1 fully saturated rings. The number of morpholine rings is 1. The fourth-order valence-electron chi connectivity index (χ4n) is 3.82. The molecule has 1 saturated heterocycles. The minimum Gasteiger partial charge on any atom is -0.372 e. The molecule has 5 nitrogen and oxygen atoms in total. The number of thiazole rings is 1. The quantitative estimate of drug-likeness (QED) is 0.618. The van der Waals surface area contributed by atoms with Gasteiger partial charge in [0.15, 0.2) is 0 Å². The molecule has 0 spiro atoms. The Morgan fingerprint density at radius 2 is 1.94 bits per heavy atom. The molecule has 1 aromatic heterocycles. The van der Waals surface area contributed by atoms with Gasteiger partial charge in [-0.1, -0.05) is 36.4 Å². The van der Waals surface area contributed by atoms with Crippen LogP contribution in [0.4, 0.5) is 10.1 Å². The number of ether oxygens (including phenoxy) is 1. The molecule has 0 saturated carbocycles. The predicted octanol–water partition coefficient (Wildman–Crippen LogP) is 4.42. The number of rotatable bonds is 6. The number of anilines is 1. The van der Waals surface area contributed by atoms with Crippen LogP contribution in [0.15, 0.2) is 53.9 Å². The lowest BCUT2D eigenvalue weighted by Gasteiger charge is -2.37. The van der Waals surface area contributed by atoms with E-state index in [0.29, 0.717) is 18.8 Å². The summed E-state index contributed by atoms with van der Waals surface area (Å²) in [5.74, 6) is -0.412. The monoisotopic (exact) mass is 439 g/mol. The predicted molar refractivity (Wildman–Crippen MR) is 122 cm³/mol. The van der Waals surface area contributed by atoms with E-state index in [1.54, 1.807) is 6.07 Å². The average molecular weight is 440 g/mol. The number of nitrogens with zero attached hydrogens (tertiary/aromatic N) is 2. The van der Waals surface area contributed by atoms with Gasteiger partial charge >= 0.3 is 0 Å². The molecule has 1 amide bonds. The maximum atomic E-state index is 14.7. The zero-order valence-corrected chi connectivity index (χ0v) is 18.5. The first kappa shape index (κ1) is 21.5. The zero-order valence-electron chi connectivity index (χ0n) is 17.7. The Kier molecular flexibility index (Phi) is 6.63. The molecule has 2 atom stereocenters. The van der Waals surface area contributed by atoms with Crippen molar-refractivity contribution in [3.8, 4) is 10.6 Å². The summed E-state index contributed by atoms with van der Waals surface area (Å²) in [6.45, 7) is 5.60. The van der Waals surface area contributed by atoms with Gasteiger partial charge in [-0.05, 0) is 31.5 Å². The van der Waals surface area contributed by atoms with Gasteiger partial charge in [0.2, 0.25) is 5.91 Å². The fraction of sp³-hybridized carbons (Fsp3) is 0.333. The summed E-state index contributed by atoms with van der Waals surface area (Å²) in [6, 6.07) is 15.0. The van der Waals surface area contributed by atoms with Gasteiger partial charge in [0.25, 0.3) is 0 Å². The number of amides is 1. The largest absolute Gasteiger partial charge is 0.372 e. The first-order valence-electron chi connectivity index (χ1n) is 10.4. The van der Waals surface area contributed by atoms with Gasteiger partial charge in [0, 0.05) is 30.6 Å². The van der Waals surface area contributed by atoms with Crippen LogP contribution in [0.3, 0.4) is 0 Å². The maximum absolute atomic E-state index is 14.7. The van der Waals surface area contributed by atoms with E-state index in [-0.39, 0.29) is 36.9 Å². The molecule has 1 N–H and O–H groups in total. The SMILES string of the molecule is CC1CN(c2ccc(CNC(=O)Cc3csc(-c4ccccc4)n3)cc2F)CC(C)O1. The molecular formula is C24H26FN3O2S. The molecule has 1 aliphatic rings. The summed E-state index contributed by atoms with van der Waals surface area (Å²) in [4.78, 5) is 18.9. The molecule has 3 aromatic rings. The molecule has 162 valence electrons. The van der Waals surface area contributed by atoms with Crippen LogP contribution in [0.5, 0.6) is 0 Å². The van der Waals surface area contributed by atoms with Crippen LogP contribution in [-0.4, -0.2) is 36.2 Å². The second-order valence-corrected chi connectivity index (χ2v) is 8.77. The van der Waals surface area contributed by atoms with Gasteiger partial charge in [-0.3, -0.25) is 4.79 Å².